The zero-order valence-corrected chi connectivity index (χ0v) is 19.8. The van der Waals surface area contributed by atoms with E-state index in [0.29, 0.717) is 5.76 Å². The summed E-state index contributed by atoms with van der Waals surface area (Å²) >= 11 is 0. The number of sulfonamides is 1. The van der Waals surface area contributed by atoms with Gasteiger partial charge in [0.15, 0.2) is 0 Å². The van der Waals surface area contributed by atoms with E-state index in [1.54, 1.807) is 48.6 Å². The third kappa shape index (κ3) is 6.79. The van der Waals surface area contributed by atoms with Gasteiger partial charge >= 0.3 is 0 Å². The Hall–Kier alpha value is -2.42. The van der Waals surface area contributed by atoms with E-state index < -0.39 is 10.0 Å². The Labute approximate surface area is 196 Å². The number of nitrogens with one attached hydrogen (secondary N) is 1. The first kappa shape index (κ1) is 23.7. The summed E-state index contributed by atoms with van der Waals surface area (Å²) in [5, 5.41) is 0. The molecule has 2 aliphatic rings. The van der Waals surface area contributed by atoms with Crippen LogP contribution < -0.4 is 4.72 Å². The van der Waals surface area contributed by atoms with Crippen molar-refractivity contribution < 1.29 is 17.6 Å². The third-order valence-corrected chi connectivity index (χ3v) is 7.97. The Kier molecular flexibility index (Phi) is 8.01. The van der Waals surface area contributed by atoms with E-state index >= 15 is 0 Å². The van der Waals surface area contributed by atoms with Crippen molar-refractivity contribution in [2.45, 2.75) is 43.5 Å². The van der Waals surface area contributed by atoms with Gasteiger partial charge in [-0.3, -0.25) is 9.69 Å². The standard InChI is InChI=1S/C25H33N3O4S/c29-25(28-16-14-27(15-17-28)20-22-5-2-1-3-6-22)13-10-21-8-11-24(12-9-21)33(30,31)26-19-23-7-4-18-32-23/h4,7-13,18,22,26H,1-3,5-6,14-17,19-20H2/b13-10+. The van der Waals surface area contributed by atoms with Crippen LogP contribution in [0, 0.1) is 5.92 Å². The van der Waals surface area contributed by atoms with E-state index in [9.17, 15) is 13.2 Å². The molecule has 1 amide bonds. The van der Waals surface area contributed by atoms with Crippen LogP contribution in [0.5, 0.6) is 0 Å². The molecule has 0 atom stereocenters. The molecule has 33 heavy (non-hydrogen) atoms. The van der Waals surface area contributed by atoms with Crippen molar-refractivity contribution >= 4 is 22.0 Å². The van der Waals surface area contributed by atoms with Gasteiger partial charge in [-0.15, -0.1) is 0 Å². The topological polar surface area (TPSA) is 82.9 Å². The smallest absolute Gasteiger partial charge is 0.246 e. The fraction of sp³-hybridized carbons (Fsp3) is 0.480. The number of hydrogen-bond acceptors (Lipinski definition) is 5. The predicted molar refractivity (Wildman–Crippen MR) is 128 cm³/mol. The molecule has 178 valence electrons. The lowest BCUT2D eigenvalue weighted by Crippen LogP contribution is -2.49. The molecule has 1 saturated heterocycles. The van der Waals surface area contributed by atoms with Crippen LogP contribution >= 0.6 is 0 Å². The van der Waals surface area contributed by atoms with Crippen molar-refractivity contribution in [1.29, 1.82) is 0 Å². The molecule has 2 fully saturated rings. The number of hydrogen-bond donors (Lipinski definition) is 1. The largest absolute Gasteiger partial charge is 0.468 e. The maximum absolute atomic E-state index is 12.6. The quantitative estimate of drug-likeness (QED) is 0.596. The first-order chi connectivity index (χ1) is 16.0. The average Bonchev–Trinajstić information content (AvgIpc) is 3.37. The van der Waals surface area contributed by atoms with Crippen molar-refractivity contribution in [3.05, 3.63) is 60.1 Å². The second-order valence-electron chi connectivity index (χ2n) is 8.94. The number of amides is 1. The van der Waals surface area contributed by atoms with Gasteiger partial charge in [0.05, 0.1) is 17.7 Å². The fourth-order valence-corrected chi connectivity index (χ4v) is 5.57. The number of rotatable bonds is 8. The van der Waals surface area contributed by atoms with Crippen molar-refractivity contribution in [2.75, 3.05) is 32.7 Å². The highest BCUT2D eigenvalue weighted by Crippen LogP contribution is 2.24. The minimum atomic E-state index is -3.63. The monoisotopic (exact) mass is 471 g/mol. The van der Waals surface area contributed by atoms with E-state index in [2.05, 4.69) is 9.62 Å². The summed E-state index contributed by atoms with van der Waals surface area (Å²) in [6.07, 6.45) is 11.6. The van der Waals surface area contributed by atoms with Gasteiger partial charge < -0.3 is 9.32 Å². The summed E-state index contributed by atoms with van der Waals surface area (Å²) in [6.45, 7) is 4.66. The zero-order valence-electron chi connectivity index (χ0n) is 19.0. The Bertz CT molecular complexity index is 1020. The Morgan fingerprint density at radius 3 is 2.42 bits per heavy atom. The molecule has 1 aliphatic carbocycles. The fourth-order valence-electron chi connectivity index (χ4n) is 4.58. The number of furan rings is 1. The summed E-state index contributed by atoms with van der Waals surface area (Å²) in [5.41, 5.74) is 0.782. The highest BCUT2D eigenvalue weighted by Gasteiger charge is 2.23. The molecule has 1 aromatic carbocycles. The molecule has 0 spiro atoms. The van der Waals surface area contributed by atoms with Gasteiger partial charge in [0.1, 0.15) is 5.76 Å². The predicted octanol–water partition coefficient (Wildman–Crippen LogP) is 3.50. The van der Waals surface area contributed by atoms with Gasteiger partial charge in [-0.05, 0) is 54.7 Å². The summed E-state index contributed by atoms with van der Waals surface area (Å²) in [4.78, 5) is 17.2. The van der Waals surface area contributed by atoms with E-state index in [1.807, 2.05) is 4.90 Å². The second kappa shape index (κ2) is 11.1. The Morgan fingerprint density at radius 2 is 1.76 bits per heavy atom. The van der Waals surface area contributed by atoms with Crippen molar-refractivity contribution in [2.24, 2.45) is 5.92 Å². The average molecular weight is 472 g/mol. The van der Waals surface area contributed by atoms with E-state index in [0.717, 1.165) is 37.7 Å². The van der Waals surface area contributed by atoms with Crippen LogP contribution in [0.25, 0.3) is 6.08 Å². The molecule has 0 bridgehead atoms. The summed E-state index contributed by atoms with van der Waals surface area (Å²) < 4.78 is 32.5. The maximum Gasteiger partial charge on any atom is 0.246 e. The zero-order chi connectivity index (χ0) is 23.1. The van der Waals surface area contributed by atoms with Crippen molar-refractivity contribution in [3.63, 3.8) is 0 Å². The highest BCUT2D eigenvalue weighted by atomic mass is 32.2. The summed E-state index contributed by atoms with van der Waals surface area (Å²) in [5.74, 6) is 1.38. The van der Waals surface area contributed by atoms with Crippen LogP contribution in [-0.4, -0.2) is 56.8 Å². The summed E-state index contributed by atoms with van der Waals surface area (Å²) in [7, 11) is -3.63. The van der Waals surface area contributed by atoms with Gasteiger partial charge in [0.2, 0.25) is 15.9 Å². The molecule has 1 saturated carbocycles. The molecule has 4 rings (SSSR count). The van der Waals surface area contributed by atoms with Crippen molar-refractivity contribution in [3.8, 4) is 0 Å². The Balaban J connectivity index is 1.24. The minimum Gasteiger partial charge on any atom is -0.468 e. The first-order valence-electron chi connectivity index (χ1n) is 11.8. The second-order valence-corrected chi connectivity index (χ2v) is 10.7. The van der Waals surface area contributed by atoms with Gasteiger partial charge in [-0.25, -0.2) is 13.1 Å². The van der Waals surface area contributed by atoms with Crippen molar-refractivity contribution in [1.82, 2.24) is 14.5 Å². The molecule has 2 aromatic rings. The van der Waals surface area contributed by atoms with Crippen LogP contribution in [0.3, 0.4) is 0 Å². The molecule has 0 radical (unpaired) electrons. The third-order valence-electron chi connectivity index (χ3n) is 6.55. The van der Waals surface area contributed by atoms with E-state index in [-0.39, 0.29) is 17.3 Å². The maximum atomic E-state index is 12.6. The highest BCUT2D eigenvalue weighted by molar-refractivity contribution is 7.89. The number of carbonyl (C=O) groups excluding carboxylic acids is 1. The molecular weight excluding hydrogens is 438 g/mol. The number of piperazine rings is 1. The Morgan fingerprint density at radius 1 is 1.03 bits per heavy atom. The lowest BCUT2D eigenvalue weighted by molar-refractivity contribution is -0.127. The lowest BCUT2D eigenvalue weighted by Gasteiger charge is -2.36. The number of carbonyl (C=O) groups is 1. The van der Waals surface area contributed by atoms with Gasteiger partial charge in [-0.1, -0.05) is 31.4 Å². The van der Waals surface area contributed by atoms with Gasteiger partial charge in [-0.2, -0.15) is 0 Å². The van der Waals surface area contributed by atoms with E-state index in [4.69, 9.17) is 4.42 Å². The molecule has 1 aliphatic heterocycles. The molecule has 1 N–H and O–H groups in total. The molecule has 7 nitrogen and oxygen atoms in total. The van der Waals surface area contributed by atoms with Crippen LogP contribution in [0.4, 0.5) is 0 Å². The molecule has 8 heteroatoms. The number of nitrogens with zero attached hydrogens (tertiary/aromatic N) is 2. The lowest BCUT2D eigenvalue weighted by atomic mass is 9.89. The van der Waals surface area contributed by atoms with Gasteiger partial charge in [0.25, 0.3) is 0 Å². The molecule has 0 unspecified atom stereocenters. The summed E-state index contributed by atoms with van der Waals surface area (Å²) in [6, 6.07) is 9.91. The normalized spacial score (nSPS) is 18.7. The van der Waals surface area contributed by atoms with Crippen LogP contribution in [0.1, 0.15) is 43.4 Å². The molecular formula is C25H33N3O4S. The first-order valence-corrected chi connectivity index (χ1v) is 13.3. The minimum absolute atomic E-state index is 0.00382. The van der Waals surface area contributed by atoms with Crippen LogP contribution in [0.15, 0.2) is 58.1 Å². The number of benzene rings is 1. The molecule has 2 heterocycles. The van der Waals surface area contributed by atoms with Gasteiger partial charge in [0, 0.05) is 38.8 Å². The van der Waals surface area contributed by atoms with E-state index in [1.165, 1.54) is 44.9 Å². The molecule has 1 aromatic heterocycles. The SMILES string of the molecule is O=C(/C=C/c1ccc(S(=O)(=O)NCc2ccco2)cc1)N1CCN(CC2CCCCC2)CC1. The van der Waals surface area contributed by atoms with Crippen LogP contribution in [-0.2, 0) is 21.4 Å². The van der Waals surface area contributed by atoms with Crippen LogP contribution in [0.2, 0.25) is 0 Å².